The Hall–Kier alpha value is -1.62. The van der Waals surface area contributed by atoms with Gasteiger partial charge in [-0.2, -0.15) is 0 Å². The summed E-state index contributed by atoms with van der Waals surface area (Å²) in [5.41, 5.74) is 0.533. The molecule has 4 nitrogen and oxygen atoms in total. The zero-order valence-electron chi connectivity index (χ0n) is 15.3. The van der Waals surface area contributed by atoms with Crippen LogP contribution in [0, 0.1) is 23.6 Å². The fourth-order valence-corrected chi connectivity index (χ4v) is 3.34. The number of carbonyl (C=O) groups is 2. The quantitative estimate of drug-likeness (QED) is 0.762. The lowest BCUT2D eigenvalue weighted by molar-refractivity contribution is -0.136. The first-order chi connectivity index (χ1) is 11.7. The third-order valence-electron chi connectivity index (χ3n) is 4.17. The molecule has 1 aliphatic heterocycles. The maximum absolute atomic E-state index is 13.3. The van der Waals surface area contributed by atoms with Gasteiger partial charge in [-0.05, 0) is 30.0 Å². The molecular formula is C19H26ClFN2O2. The minimum atomic E-state index is -0.523. The number of halogens is 2. The van der Waals surface area contributed by atoms with Gasteiger partial charge in [0.2, 0.25) is 11.8 Å². The van der Waals surface area contributed by atoms with E-state index in [1.165, 1.54) is 23.1 Å². The van der Waals surface area contributed by atoms with Gasteiger partial charge >= 0.3 is 0 Å². The monoisotopic (exact) mass is 368 g/mol. The molecule has 2 amide bonds. The van der Waals surface area contributed by atoms with Crippen LogP contribution in [0.4, 0.5) is 10.1 Å². The van der Waals surface area contributed by atoms with Gasteiger partial charge in [0.05, 0.1) is 10.9 Å². The number of amides is 2. The highest BCUT2D eigenvalue weighted by Crippen LogP contribution is 2.29. The van der Waals surface area contributed by atoms with Crippen LogP contribution in [0.1, 0.15) is 34.1 Å². The van der Waals surface area contributed by atoms with E-state index < -0.39 is 5.82 Å². The molecule has 138 valence electrons. The average Bonchev–Trinajstić information content (AvgIpc) is 2.89. The Labute approximate surface area is 153 Å². The third-order valence-corrected chi connectivity index (χ3v) is 4.46. The molecule has 0 saturated carbocycles. The Morgan fingerprint density at radius 2 is 1.88 bits per heavy atom. The van der Waals surface area contributed by atoms with Gasteiger partial charge in [0.25, 0.3) is 0 Å². The molecule has 0 spiro atoms. The molecule has 0 aromatic heterocycles. The molecule has 0 radical (unpaired) electrons. The van der Waals surface area contributed by atoms with Crippen molar-refractivity contribution in [1.29, 1.82) is 0 Å². The maximum atomic E-state index is 13.3. The first-order valence-corrected chi connectivity index (χ1v) is 9.11. The van der Waals surface area contributed by atoms with E-state index in [0.717, 1.165) is 0 Å². The Kier molecular flexibility index (Phi) is 6.44. The standard InChI is InChI=1S/C19H26ClFN2O2/c1-12(2)9-22(10-13(3)4)19(25)14-7-18(24)23(11-14)15-5-6-17(21)16(20)8-15/h5-6,8,12-14H,7,9-11H2,1-4H3. The second-order valence-electron chi connectivity index (χ2n) is 7.53. The molecule has 1 atom stereocenters. The molecule has 2 rings (SSSR count). The summed E-state index contributed by atoms with van der Waals surface area (Å²) in [7, 11) is 0. The lowest BCUT2D eigenvalue weighted by Gasteiger charge is -2.28. The molecule has 1 aromatic rings. The first-order valence-electron chi connectivity index (χ1n) is 8.73. The van der Waals surface area contributed by atoms with Crippen LogP contribution in [0.2, 0.25) is 5.02 Å². The van der Waals surface area contributed by atoms with Gasteiger partial charge in [-0.1, -0.05) is 39.3 Å². The minimum absolute atomic E-state index is 0.0199. The molecule has 0 aliphatic carbocycles. The van der Waals surface area contributed by atoms with E-state index in [9.17, 15) is 14.0 Å². The maximum Gasteiger partial charge on any atom is 0.228 e. The summed E-state index contributed by atoms with van der Waals surface area (Å²) >= 11 is 5.82. The number of carbonyl (C=O) groups excluding carboxylic acids is 2. The van der Waals surface area contributed by atoms with E-state index in [0.29, 0.717) is 37.2 Å². The van der Waals surface area contributed by atoms with Gasteiger partial charge in [0, 0.05) is 31.7 Å². The number of anilines is 1. The van der Waals surface area contributed by atoms with Crippen LogP contribution >= 0.6 is 11.6 Å². The molecule has 1 aromatic carbocycles. The lowest BCUT2D eigenvalue weighted by atomic mass is 10.0. The van der Waals surface area contributed by atoms with Crippen molar-refractivity contribution >= 4 is 29.1 Å². The molecule has 1 fully saturated rings. The molecule has 0 bridgehead atoms. The number of nitrogens with zero attached hydrogens (tertiary/aromatic N) is 2. The van der Waals surface area contributed by atoms with E-state index in [1.54, 1.807) is 0 Å². The summed E-state index contributed by atoms with van der Waals surface area (Å²) in [6, 6.07) is 4.19. The average molecular weight is 369 g/mol. The van der Waals surface area contributed by atoms with Crippen molar-refractivity contribution in [3.8, 4) is 0 Å². The predicted octanol–water partition coefficient (Wildman–Crippen LogP) is 3.97. The van der Waals surface area contributed by atoms with Gasteiger partial charge < -0.3 is 9.80 Å². The van der Waals surface area contributed by atoms with Crippen LogP contribution in [0.5, 0.6) is 0 Å². The second kappa shape index (κ2) is 8.17. The highest BCUT2D eigenvalue weighted by atomic mass is 35.5. The van der Waals surface area contributed by atoms with Crippen molar-refractivity contribution in [3.63, 3.8) is 0 Å². The fourth-order valence-electron chi connectivity index (χ4n) is 3.17. The van der Waals surface area contributed by atoms with Crippen LogP contribution < -0.4 is 4.90 Å². The largest absolute Gasteiger partial charge is 0.342 e. The fraction of sp³-hybridized carbons (Fsp3) is 0.579. The summed E-state index contributed by atoms with van der Waals surface area (Å²) in [6.07, 6.45) is 0.181. The smallest absolute Gasteiger partial charge is 0.228 e. The number of benzene rings is 1. The number of hydrogen-bond acceptors (Lipinski definition) is 2. The first kappa shape index (κ1) is 19.7. The van der Waals surface area contributed by atoms with E-state index in [2.05, 4.69) is 27.7 Å². The van der Waals surface area contributed by atoms with Crippen LogP contribution in [-0.2, 0) is 9.59 Å². The van der Waals surface area contributed by atoms with E-state index in [-0.39, 0.29) is 29.2 Å². The second-order valence-corrected chi connectivity index (χ2v) is 7.94. The van der Waals surface area contributed by atoms with Gasteiger partial charge in [-0.25, -0.2) is 4.39 Å². The Morgan fingerprint density at radius 3 is 2.40 bits per heavy atom. The van der Waals surface area contributed by atoms with Crippen molar-refractivity contribution in [2.24, 2.45) is 17.8 Å². The minimum Gasteiger partial charge on any atom is -0.342 e. The van der Waals surface area contributed by atoms with Crippen molar-refractivity contribution in [2.75, 3.05) is 24.5 Å². The zero-order chi connectivity index (χ0) is 18.7. The predicted molar refractivity (Wildman–Crippen MR) is 98.1 cm³/mol. The lowest BCUT2D eigenvalue weighted by Crippen LogP contribution is -2.41. The number of rotatable bonds is 6. The van der Waals surface area contributed by atoms with E-state index in [4.69, 9.17) is 11.6 Å². The zero-order valence-corrected chi connectivity index (χ0v) is 16.0. The topological polar surface area (TPSA) is 40.6 Å². The van der Waals surface area contributed by atoms with Crippen molar-refractivity contribution in [2.45, 2.75) is 34.1 Å². The normalized spacial score (nSPS) is 17.7. The van der Waals surface area contributed by atoms with Gasteiger partial charge in [0.15, 0.2) is 0 Å². The SMILES string of the molecule is CC(C)CN(CC(C)C)C(=O)C1CC(=O)N(c2ccc(F)c(Cl)c2)C1. The summed E-state index contributed by atoms with van der Waals surface area (Å²) in [5, 5.41) is -0.0266. The van der Waals surface area contributed by atoms with Crippen molar-refractivity contribution in [3.05, 3.63) is 29.0 Å². The molecular weight excluding hydrogens is 343 g/mol. The van der Waals surface area contributed by atoms with Crippen LogP contribution in [-0.4, -0.2) is 36.3 Å². The highest BCUT2D eigenvalue weighted by molar-refractivity contribution is 6.31. The van der Waals surface area contributed by atoms with Gasteiger partial charge in [0.1, 0.15) is 5.82 Å². The molecule has 0 N–H and O–H groups in total. The van der Waals surface area contributed by atoms with Crippen LogP contribution in [0.25, 0.3) is 0 Å². The summed E-state index contributed by atoms with van der Waals surface area (Å²) in [6.45, 7) is 9.99. The molecule has 1 aliphatic rings. The molecule has 6 heteroatoms. The molecule has 1 saturated heterocycles. The Bertz CT molecular complexity index is 638. The molecule has 1 heterocycles. The van der Waals surface area contributed by atoms with Crippen LogP contribution in [0.15, 0.2) is 18.2 Å². The van der Waals surface area contributed by atoms with E-state index >= 15 is 0 Å². The van der Waals surface area contributed by atoms with Crippen molar-refractivity contribution < 1.29 is 14.0 Å². The van der Waals surface area contributed by atoms with Gasteiger partial charge in [-0.3, -0.25) is 9.59 Å². The Balaban J connectivity index is 2.13. The Morgan fingerprint density at radius 1 is 1.28 bits per heavy atom. The summed E-state index contributed by atoms with van der Waals surface area (Å²) < 4.78 is 13.3. The number of hydrogen-bond donors (Lipinski definition) is 0. The molecule has 1 unspecified atom stereocenters. The third kappa shape index (κ3) is 4.94. The van der Waals surface area contributed by atoms with E-state index in [1.807, 2.05) is 4.90 Å². The van der Waals surface area contributed by atoms with Crippen molar-refractivity contribution in [1.82, 2.24) is 4.90 Å². The summed E-state index contributed by atoms with van der Waals surface area (Å²) in [5.74, 6) is -0.265. The van der Waals surface area contributed by atoms with Gasteiger partial charge in [-0.15, -0.1) is 0 Å². The summed E-state index contributed by atoms with van der Waals surface area (Å²) in [4.78, 5) is 28.7. The van der Waals surface area contributed by atoms with Crippen LogP contribution in [0.3, 0.4) is 0 Å². The molecule has 25 heavy (non-hydrogen) atoms. The highest BCUT2D eigenvalue weighted by Gasteiger charge is 2.37.